The van der Waals surface area contributed by atoms with Gasteiger partial charge in [0.2, 0.25) is 0 Å². The molecular weight excluding hydrogens is 526 g/mol. The summed E-state index contributed by atoms with van der Waals surface area (Å²) in [5, 5.41) is 2.56. The van der Waals surface area contributed by atoms with Crippen LogP contribution in [0.25, 0.3) is 0 Å². The van der Waals surface area contributed by atoms with Crippen LogP contribution in [0.3, 0.4) is 0 Å². The Labute approximate surface area is 212 Å². The molecule has 2 atom stereocenters. The summed E-state index contributed by atoms with van der Waals surface area (Å²) in [5.74, 6) is -7.85. The zero-order valence-corrected chi connectivity index (χ0v) is 20.8. The van der Waals surface area contributed by atoms with Crippen LogP contribution in [-0.4, -0.2) is 53.5 Å². The van der Waals surface area contributed by atoms with Crippen molar-refractivity contribution in [3.63, 3.8) is 0 Å². The Morgan fingerprint density at radius 3 is 2.57 bits per heavy atom. The first-order valence-electron chi connectivity index (χ1n) is 10.8. The summed E-state index contributed by atoms with van der Waals surface area (Å²) in [6.07, 6.45) is -2.76. The number of hydrogen-bond acceptors (Lipinski definition) is 7. The van der Waals surface area contributed by atoms with E-state index in [4.69, 9.17) is 10.5 Å². The van der Waals surface area contributed by atoms with Crippen molar-refractivity contribution in [2.24, 2.45) is 10.7 Å². The molecule has 0 aliphatic carbocycles. The van der Waals surface area contributed by atoms with Crippen LogP contribution in [0.2, 0.25) is 0 Å². The summed E-state index contributed by atoms with van der Waals surface area (Å²) in [5.41, 5.74) is 4.25. The first-order chi connectivity index (χ1) is 17.2. The van der Waals surface area contributed by atoms with Crippen LogP contribution in [-0.2, 0) is 10.3 Å². The quantitative estimate of drug-likeness (QED) is 0.428. The molecule has 0 bridgehead atoms. The fraction of sp³-hybridized carbons (Fsp3) is 0.435. The summed E-state index contributed by atoms with van der Waals surface area (Å²) in [6.45, 7) is 2.14. The number of carbonyl (C=O) groups excluding carboxylic acids is 1. The Balaban J connectivity index is 1.81. The average Bonchev–Trinajstić information content (AvgIpc) is 2.79. The maximum absolute atomic E-state index is 14.9. The highest BCUT2D eigenvalue weighted by atomic mass is 32.2. The summed E-state index contributed by atoms with van der Waals surface area (Å²) in [4.78, 5) is 20.7. The van der Waals surface area contributed by atoms with E-state index in [9.17, 15) is 31.1 Å². The van der Waals surface area contributed by atoms with E-state index in [0.717, 1.165) is 24.4 Å². The van der Waals surface area contributed by atoms with E-state index in [1.165, 1.54) is 24.9 Å². The standard InChI is InChI=1S/C23H24F6N4O3S/c1-21(10-35-3)9-22(2,33-20(30)37-21)14-6-12(7-15(24)17(14)25)32-18(34)16-5-4-13(8-31-16)36-11-23(28,29)19(26)27/h4-8,19H,9-11H2,1-3H3,(H2,30,33)(H,32,34)/t21-,22+/m1/s1. The number of ether oxygens (including phenoxy) is 2. The zero-order chi connectivity index (χ0) is 27.6. The second-order valence-electron chi connectivity index (χ2n) is 8.89. The highest BCUT2D eigenvalue weighted by Crippen LogP contribution is 2.46. The number of alkyl halides is 4. The minimum Gasteiger partial charge on any atom is -0.485 e. The normalized spacial score (nSPS) is 22.1. The van der Waals surface area contributed by atoms with Crippen LogP contribution < -0.4 is 15.8 Å². The highest BCUT2D eigenvalue weighted by molar-refractivity contribution is 8.15. The molecule has 3 rings (SSSR count). The van der Waals surface area contributed by atoms with E-state index in [1.807, 2.05) is 6.92 Å². The monoisotopic (exact) mass is 550 g/mol. The summed E-state index contributed by atoms with van der Waals surface area (Å²) in [7, 11) is 1.51. The maximum Gasteiger partial charge on any atom is 0.340 e. The van der Waals surface area contributed by atoms with Gasteiger partial charge in [-0.3, -0.25) is 9.79 Å². The van der Waals surface area contributed by atoms with Crippen LogP contribution in [0.4, 0.5) is 32.0 Å². The summed E-state index contributed by atoms with van der Waals surface area (Å²) < 4.78 is 89.2. The Morgan fingerprint density at radius 2 is 1.97 bits per heavy atom. The van der Waals surface area contributed by atoms with Crippen molar-refractivity contribution in [2.45, 2.75) is 42.9 Å². The number of nitrogens with zero attached hydrogens (tertiary/aromatic N) is 2. The minimum absolute atomic E-state index is 0.0979. The van der Waals surface area contributed by atoms with E-state index in [0.29, 0.717) is 0 Å². The van der Waals surface area contributed by atoms with Crippen LogP contribution >= 0.6 is 11.8 Å². The van der Waals surface area contributed by atoms with E-state index >= 15 is 0 Å². The van der Waals surface area contributed by atoms with Gasteiger partial charge in [-0.25, -0.2) is 22.5 Å². The van der Waals surface area contributed by atoms with Gasteiger partial charge in [-0.1, -0.05) is 11.8 Å². The van der Waals surface area contributed by atoms with Crippen LogP contribution in [0.5, 0.6) is 5.75 Å². The number of methoxy groups -OCH3 is 1. The molecular formula is C23H24F6N4O3S. The van der Waals surface area contributed by atoms with Gasteiger partial charge in [0.05, 0.1) is 18.3 Å². The first-order valence-corrected chi connectivity index (χ1v) is 11.6. The predicted molar refractivity (Wildman–Crippen MR) is 126 cm³/mol. The van der Waals surface area contributed by atoms with Crippen LogP contribution in [0.1, 0.15) is 36.3 Å². The lowest BCUT2D eigenvalue weighted by molar-refractivity contribution is -0.148. The Morgan fingerprint density at radius 1 is 1.27 bits per heavy atom. The second kappa shape index (κ2) is 10.8. The third-order valence-electron chi connectivity index (χ3n) is 5.46. The van der Waals surface area contributed by atoms with Gasteiger partial charge in [-0.15, -0.1) is 0 Å². The number of amides is 1. The smallest absolute Gasteiger partial charge is 0.340 e. The van der Waals surface area contributed by atoms with Crippen molar-refractivity contribution >= 4 is 28.5 Å². The number of carbonyl (C=O) groups is 1. The molecule has 202 valence electrons. The van der Waals surface area contributed by atoms with Crippen molar-refractivity contribution < 1.29 is 40.6 Å². The molecule has 0 spiro atoms. The number of benzene rings is 1. The lowest BCUT2D eigenvalue weighted by Gasteiger charge is -2.41. The first kappa shape index (κ1) is 28.6. The molecule has 0 unspecified atom stereocenters. The molecule has 1 aromatic heterocycles. The highest BCUT2D eigenvalue weighted by Gasteiger charge is 2.44. The number of pyridine rings is 1. The number of hydrogen-bond donors (Lipinski definition) is 2. The molecule has 2 heterocycles. The van der Waals surface area contributed by atoms with Gasteiger partial charge in [0, 0.05) is 29.2 Å². The van der Waals surface area contributed by atoms with Gasteiger partial charge in [0.25, 0.3) is 5.91 Å². The van der Waals surface area contributed by atoms with Crippen molar-refractivity contribution in [2.75, 3.05) is 25.6 Å². The number of thioether (sulfide) groups is 1. The van der Waals surface area contributed by atoms with Gasteiger partial charge >= 0.3 is 12.3 Å². The van der Waals surface area contributed by atoms with Crippen LogP contribution in [0, 0.1) is 11.6 Å². The summed E-state index contributed by atoms with van der Waals surface area (Å²) in [6, 6.07) is 4.19. The molecule has 0 saturated carbocycles. The zero-order valence-electron chi connectivity index (χ0n) is 20.0. The maximum atomic E-state index is 14.9. The largest absolute Gasteiger partial charge is 0.485 e. The van der Waals surface area contributed by atoms with Crippen molar-refractivity contribution in [1.82, 2.24) is 4.98 Å². The van der Waals surface area contributed by atoms with E-state index in [1.54, 1.807) is 6.92 Å². The number of nitrogens with one attached hydrogen (secondary N) is 1. The number of anilines is 1. The van der Waals surface area contributed by atoms with Crippen molar-refractivity contribution in [1.29, 1.82) is 0 Å². The SMILES string of the molecule is COC[C@@]1(C)C[C@@](C)(c2cc(NC(=O)c3ccc(OCC(F)(F)C(F)F)cn3)cc(F)c2F)N=C(N)S1. The minimum atomic E-state index is -4.36. The second-order valence-corrected chi connectivity index (χ2v) is 10.5. The topological polar surface area (TPSA) is 98.8 Å². The number of halogens is 6. The van der Waals surface area contributed by atoms with Gasteiger partial charge in [-0.2, -0.15) is 8.78 Å². The number of aliphatic imine (C=N–C) groups is 1. The molecule has 1 aliphatic rings. The molecule has 1 amide bonds. The predicted octanol–water partition coefficient (Wildman–Crippen LogP) is 4.96. The van der Waals surface area contributed by atoms with Crippen LogP contribution in [0.15, 0.2) is 35.5 Å². The van der Waals surface area contributed by atoms with Gasteiger partial charge < -0.3 is 20.5 Å². The molecule has 1 aliphatic heterocycles. The number of rotatable bonds is 9. The number of amidine groups is 1. The molecule has 0 saturated heterocycles. The molecule has 14 heteroatoms. The summed E-state index contributed by atoms with van der Waals surface area (Å²) >= 11 is 1.26. The van der Waals surface area contributed by atoms with Crippen molar-refractivity contribution in [3.8, 4) is 5.75 Å². The molecule has 3 N–H and O–H groups in total. The van der Waals surface area contributed by atoms with E-state index in [2.05, 4.69) is 20.0 Å². The van der Waals surface area contributed by atoms with E-state index < -0.39 is 46.8 Å². The molecule has 37 heavy (non-hydrogen) atoms. The molecule has 7 nitrogen and oxygen atoms in total. The average molecular weight is 551 g/mol. The third kappa shape index (κ3) is 6.66. The van der Waals surface area contributed by atoms with Gasteiger partial charge in [0.15, 0.2) is 23.4 Å². The van der Waals surface area contributed by atoms with Gasteiger partial charge in [0.1, 0.15) is 11.4 Å². The van der Waals surface area contributed by atoms with E-state index in [-0.39, 0.29) is 40.9 Å². The molecule has 1 aromatic carbocycles. The van der Waals surface area contributed by atoms with Gasteiger partial charge in [-0.05, 0) is 38.5 Å². The molecule has 0 radical (unpaired) electrons. The fourth-order valence-electron chi connectivity index (χ4n) is 3.95. The molecule has 0 fully saturated rings. The van der Waals surface area contributed by atoms with Crippen molar-refractivity contribution in [3.05, 3.63) is 53.4 Å². The molecule has 2 aromatic rings. The Hall–Kier alpha value is -3.00. The third-order valence-corrected chi connectivity index (χ3v) is 6.52. The Bertz CT molecular complexity index is 1180. The fourth-order valence-corrected chi connectivity index (χ4v) is 5.24. The number of aromatic nitrogens is 1. The number of nitrogens with two attached hydrogens (primary N) is 1. The lowest BCUT2D eigenvalue weighted by Crippen LogP contribution is -2.43. The Kier molecular flexibility index (Phi) is 8.32. The lowest BCUT2D eigenvalue weighted by atomic mass is 9.83.